The van der Waals surface area contributed by atoms with Crippen molar-refractivity contribution in [1.29, 1.82) is 0 Å². The van der Waals surface area contributed by atoms with E-state index in [0.717, 1.165) is 12.1 Å². The lowest BCUT2D eigenvalue weighted by atomic mass is 10.2. The van der Waals surface area contributed by atoms with E-state index in [-0.39, 0.29) is 22.8 Å². The van der Waals surface area contributed by atoms with Crippen LogP contribution in [0.15, 0.2) is 18.2 Å². The largest absolute Gasteiger partial charge is 0.514 e. The van der Waals surface area contributed by atoms with Crippen molar-refractivity contribution in [2.45, 2.75) is 6.04 Å². The van der Waals surface area contributed by atoms with Gasteiger partial charge in [-0.15, -0.1) is 0 Å². The number of aromatic carboxylic acids is 1. The molecule has 1 amide bonds. The van der Waals surface area contributed by atoms with Crippen LogP contribution in [0.3, 0.4) is 0 Å². The summed E-state index contributed by atoms with van der Waals surface area (Å²) in [5.74, 6) is -4.05. The zero-order valence-electron chi connectivity index (χ0n) is 12.1. The lowest BCUT2D eigenvalue weighted by Gasteiger charge is -2.12. The Morgan fingerprint density at radius 3 is 2.46 bits per heavy atom. The van der Waals surface area contributed by atoms with Gasteiger partial charge in [0.2, 0.25) is 0 Å². The monoisotopic (exact) mass is 358 g/mol. The van der Waals surface area contributed by atoms with Crippen LogP contribution in [-0.2, 0) is 14.3 Å². The number of hydrogen-bond donors (Lipinski definition) is 5. The zero-order valence-corrected chi connectivity index (χ0v) is 13.0. The van der Waals surface area contributed by atoms with Gasteiger partial charge in [-0.3, -0.25) is 4.79 Å². The molecular weight excluding hydrogens is 344 g/mol. The number of amides is 1. The molecule has 0 aliphatic carbocycles. The van der Waals surface area contributed by atoms with Crippen molar-refractivity contribution in [2.75, 3.05) is 18.1 Å². The summed E-state index contributed by atoms with van der Waals surface area (Å²) >= 11 is 3.75. The van der Waals surface area contributed by atoms with Crippen molar-refractivity contribution in [2.24, 2.45) is 0 Å². The molecule has 5 N–H and O–H groups in total. The van der Waals surface area contributed by atoms with E-state index in [9.17, 15) is 19.2 Å². The molecule has 1 rings (SSSR count). The molecule has 1 unspecified atom stereocenters. The van der Waals surface area contributed by atoms with Crippen LogP contribution >= 0.6 is 12.6 Å². The molecule has 0 aromatic heterocycles. The number of nitrogen functional groups attached to an aromatic ring is 1. The van der Waals surface area contributed by atoms with Gasteiger partial charge in [0, 0.05) is 17.5 Å². The third kappa shape index (κ3) is 5.68. The summed E-state index contributed by atoms with van der Waals surface area (Å²) in [5, 5.41) is 19.8. The number of carbonyl (C=O) groups is 4. The first-order valence-corrected chi connectivity index (χ1v) is 6.98. The maximum atomic E-state index is 11.5. The fourth-order valence-corrected chi connectivity index (χ4v) is 1.71. The van der Waals surface area contributed by atoms with E-state index >= 15 is 0 Å². The Morgan fingerprint density at radius 1 is 1.25 bits per heavy atom. The summed E-state index contributed by atoms with van der Waals surface area (Å²) < 4.78 is 9.17. The highest BCUT2D eigenvalue weighted by Crippen LogP contribution is 2.22. The number of ether oxygens (including phenoxy) is 2. The number of thiol groups is 1. The summed E-state index contributed by atoms with van der Waals surface area (Å²) in [7, 11) is 0. The molecule has 0 radical (unpaired) electrons. The van der Waals surface area contributed by atoms with Gasteiger partial charge in [-0.1, -0.05) is 0 Å². The fraction of sp³-hybridized carbons (Fsp3) is 0.231. The number of hydrogen-bond acceptors (Lipinski definition) is 8. The lowest BCUT2D eigenvalue weighted by Crippen LogP contribution is -2.44. The van der Waals surface area contributed by atoms with Gasteiger partial charge in [0.05, 0.1) is 0 Å². The van der Waals surface area contributed by atoms with Crippen molar-refractivity contribution >= 4 is 42.3 Å². The number of aliphatic carboxylic acids is 1. The maximum absolute atomic E-state index is 11.5. The van der Waals surface area contributed by atoms with Gasteiger partial charge < -0.3 is 30.7 Å². The molecule has 0 bridgehead atoms. The number of carboxylic acids is 2. The Morgan fingerprint density at radius 2 is 1.92 bits per heavy atom. The van der Waals surface area contributed by atoms with E-state index in [1.807, 2.05) is 0 Å². The topological polar surface area (TPSA) is 165 Å². The number of rotatable bonds is 7. The highest BCUT2D eigenvalue weighted by atomic mass is 32.1. The molecule has 0 aliphatic rings. The van der Waals surface area contributed by atoms with Crippen molar-refractivity contribution in [3.63, 3.8) is 0 Å². The van der Waals surface area contributed by atoms with Gasteiger partial charge in [-0.25, -0.2) is 14.4 Å². The Balaban J connectivity index is 2.61. The number of anilines is 1. The van der Waals surface area contributed by atoms with Crippen molar-refractivity contribution in [3.8, 4) is 5.75 Å². The molecule has 1 aromatic carbocycles. The first kappa shape index (κ1) is 19.1. The van der Waals surface area contributed by atoms with Crippen LogP contribution < -0.4 is 15.8 Å². The van der Waals surface area contributed by atoms with Crippen LogP contribution in [-0.4, -0.2) is 52.6 Å². The van der Waals surface area contributed by atoms with Crippen molar-refractivity contribution in [1.82, 2.24) is 5.32 Å². The Hall–Kier alpha value is -2.95. The summed E-state index contributed by atoms with van der Waals surface area (Å²) in [5.41, 5.74) is 5.30. The number of nitrogens with two attached hydrogens (primary N) is 1. The molecule has 0 saturated heterocycles. The van der Waals surface area contributed by atoms with Crippen LogP contribution in [0.1, 0.15) is 10.4 Å². The van der Waals surface area contributed by atoms with Gasteiger partial charge in [-0.2, -0.15) is 12.6 Å². The average Bonchev–Trinajstić information content (AvgIpc) is 2.50. The summed E-state index contributed by atoms with van der Waals surface area (Å²) in [6.45, 7) is -0.818. The third-order valence-electron chi connectivity index (χ3n) is 2.57. The fourth-order valence-electron chi connectivity index (χ4n) is 1.47. The molecule has 0 saturated carbocycles. The quantitative estimate of drug-likeness (QED) is 0.195. The number of benzene rings is 1. The van der Waals surface area contributed by atoms with Gasteiger partial charge in [0.25, 0.3) is 5.91 Å². The average molecular weight is 358 g/mol. The molecule has 1 aromatic rings. The van der Waals surface area contributed by atoms with Gasteiger partial charge >= 0.3 is 18.1 Å². The smallest absolute Gasteiger partial charge is 0.480 e. The molecule has 130 valence electrons. The third-order valence-corrected chi connectivity index (χ3v) is 2.93. The number of carboxylic acid groups (broad SMARTS) is 2. The van der Waals surface area contributed by atoms with Crippen LogP contribution in [0.5, 0.6) is 5.75 Å². The first-order chi connectivity index (χ1) is 11.2. The highest BCUT2D eigenvalue weighted by Gasteiger charge is 2.20. The molecule has 10 nitrogen and oxygen atoms in total. The van der Waals surface area contributed by atoms with Crippen LogP contribution in [0.25, 0.3) is 0 Å². The number of carbonyl (C=O) groups excluding carboxylic acids is 2. The SMILES string of the molecule is Nc1ccc(C(=O)O)c(OC(=O)OCC(=O)NC(CS)C(=O)O)c1. The summed E-state index contributed by atoms with van der Waals surface area (Å²) in [6.07, 6.45) is -1.35. The predicted molar refractivity (Wildman–Crippen MR) is 83.2 cm³/mol. The molecule has 24 heavy (non-hydrogen) atoms. The zero-order chi connectivity index (χ0) is 18.3. The Kier molecular flexibility index (Phi) is 6.86. The summed E-state index contributed by atoms with van der Waals surface area (Å²) in [4.78, 5) is 44.7. The first-order valence-electron chi connectivity index (χ1n) is 6.35. The molecular formula is C13H14N2O8S. The molecule has 0 fully saturated rings. The van der Waals surface area contributed by atoms with Gasteiger partial charge in [-0.05, 0) is 12.1 Å². The van der Waals surface area contributed by atoms with Crippen LogP contribution in [0, 0.1) is 0 Å². The predicted octanol–water partition coefficient (Wildman–Crippen LogP) is -0.0184. The van der Waals surface area contributed by atoms with E-state index in [0.29, 0.717) is 0 Å². The minimum Gasteiger partial charge on any atom is -0.480 e. The minimum atomic E-state index is -1.35. The lowest BCUT2D eigenvalue weighted by molar-refractivity contribution is -0.141. The van der Waals surface area contributed by atoms with Crippen molar-refractivity contribution in [3.05, 3.63) is 23.8 Å². The molecule has 1 atom stereocenters. The number of nitrogens with one attached hydrogen (secondary N) is 1. The second-order valence-corrected chi connectivity index (χ2v) is 4.71. The van der Waals surface area contributed by atoms with Crippen molar-refractivity contribution < 1.29 is 38.9 Å². The molecule has 0 heterocycles. The maximum Gasteiger partial charge on any atom is 0.514 e. The standard InChI is InChI=1S/C13H14N2O8S/c14-6-1-2-7(11(17)18)9(3-6)23-13(21)22-4-10(16)15-8(5-24)12(19)20/h1-3,8,24H,4-5,14H2,(H,15,16)(H,17,18)(H,19,20). The second-order valence-electron chi connectivity index (χ2n) is 4.34. The van der Waals surface area contributed by atoms with Crippen LogP contribution in [0.4, 0.5) is 10.5 Å². The van der Waals surface area contributed by atoms with E-state index in [1.54, 1.807) is 0 Å². The van der Waals surface area contributed by atoms with Gasteiger partial charge in [0.15, 0.2) is 12.4 Å². The normalized spacial score (nSPS) is 11.2. The molecule has 11 heteroatoms. The minimum absolute atomic E-state index is 0.152. The molecule has 0 spiro atoms. The highest BCUT2D eigenvalue weighted by molar-refractivity contribution is 7.80. The Bertz CT molecular complexity index is 663. The van der Waals surface area contributed by atoms with E-state index in [2.05, 4.69) is 27.4 Å². The summed E-state index contributed by atoms with van der Waals surface area (Å²) in [6, 6.07) is 2.30. The Labute approximate surface area is 140 Å². The van der Waals surface area contributed by atoms with E-state index in [4.69, 9.17) is 15.9 Å². The van der Waals surface area contributed by atoms with E-state index in [1.165, 1.54) is 6.07 Å². The second kappa shape index (κ2) is 8.62. The van der Waals surface area contributed by atoms with E-state index < -0.39 is 36.6 Å². The molecule has 0 aliphatic heterocycles. The van der Waals surface area contributed by atoms with Crippen LogP contribution in [0.2, 0.25) is 0 Å². The van der Waals surface area contributed by atoms with Gasteiger partial charge in [0.1, 0.15) is 11.6 Å².